The first-order valence-electron chi connectivity index (χ1n) is 8.91. The summed E-state index contributed by atoms with van der Waals surface area (Å²) in [4.78, 5) is 25.8. The quantitative estimate of drug-likeness (QED) is 0.532. The normalized spacial score (nSPS) is 17.7. The molecular formula is C21H20BrNO4. The van der Waals surface area contributed by atoms with Crippen LogP contribution in [-0.2, 0) is 22.4 Å². The van der Waals surface area contributed by atoms with Crippen molar-refractivity contribution >= 4 is 27.9 Å². The number of carbonyl (C=O) groups excluding carboxylic acids is 2. The third-order valence-electron chi connectivity index (χ3n) is 5.24. The number of benzene rings is 2. The Hall–Kier alpha value is -2.18. The molecule has 2 aromatic rings. The fourth-order valence-electron chi connectivity index (χ4n) is 4.18. The number of carbonyl (C=O) groups is 2. The Balaban J connectivity index is 2.02. The van der Waals surface area contributed by atoms with E-state index in [0.717, 1.165) is 36.1 Å². The monoisotopic (exact) mass is 429 g/mol. The summed E-state index contributed by atoms with van der Waals surface area (Å²) in [5.74, 6) is -0.362. The highest BCUT2D eigenvalue weighted by atomic mass is 79.9. The first-order valence-corrected chi connectivity index (χ1v) is 9.70. The second kappa shape index (κ2) is 6.77. The predicted molar refractivity (Wildman–Crippen MR) is 105 cm³/mol. The van der Waals surface area contributed by atoms with Gasteiger partial charge < -0.3 is 9.47 Å². The van der Waals surface area contributed by atoms with Crippen molar-refractivity contribution in [3.05, 3.63) is 45.4 Å². The van der Waals surface area contributed by atoms with Crippen LogP contribution in [0.15, 0.2) is 28.7 Å². The molecule has 27 heavy (non-hydrogen) atoms. The van der Waals surface area contributed by atoms with Crippen LogP contribution in [-0.4, -0.2) is 30.4 Å². The van der Waals surface area contributed by atoms with Crippen LogP contribution < -0.4 is 9.47 Å². The summed E-state index contributed by atoms with van der Waals surface area (Å²) in [5.41, 5.74) is 5.56. The molecule has 0 amide bonds. The Bertz CT molecular complexity index is 969. The number of hydrogen-bond donors (Lipinski definition) is 0. The third kappa shape index (κ3) is 3.07. The van der Waals surface area contributed by atoms with E-state index in [0.29, 0.717) is 10.2 Å². The number of hydrogen-bond acceptors (Lipinski definition) is 5. The average molecular weight is 430 g/mol. The van der Waals surface area contributed by atoms with E-state index in [1.54, 1.807) is 0 Å². The molecule has 0 aromatic heterocycles. The Kier molecular flexibility index (Phi) is 4.56. The molecule has 1 atom stereocenters. The summed E-state index contributed by atoms with van der Waals surface area (Å²) in [7, 11) is 2.14. The molecule has 1 aliphatic heterocycles. The Labute approximate surface area is 166 Å². The number of rotatable bonds is 2. The minimum atomic E-state index is -0.465. The Morgan fingerprint density at radius 3 is 2.52 bits per heavy atom. The second-order valence-corrected chi connectivity index (χ2v) is 7.92. The van der Waals surface area contributed by atoms with Crippen molar-refractivity contribution < 1.29 is 19.1 Å². The minimum absolute atomic E-state index is 0.247. The van der Waals surface area contributed by atoms with Gasteiger partial charge in [0.05, 0.1) is 4.47 Å². The Morgan fingerprint density at radius 1 is 1.11 bits per heavy atom. The summed E-state index contributed by atoms with van der Waals surface area (Å²) in [5, 5.41) is 0. The van der Waals surface area contributed by atoms with E-state index >= 15 is 0 Å². The van der Waals surface area contributed by atoms with Crippen LogP contribution >= 0.6 is 15.9 Å². The van der Waals surface area contributed by atoms with Crippen molar-refractivity contribution in [1.29, 1.82) is 0 Å². The van der Waals surface area contributed by atoms with Crippen LogP contribution in [0.2, 0.25) is 0 Å². The van der Waals surface area contributed by atoms with Crippen LogP contribution in [0.5, 0.6) is 11.5 Å². The number of nitrogens with zero attached hydrogens (tertiary/aromatic N) is 1. The number of halogens is 1. The fraction of sp³-hybridized carbons (Fsp3) is 0.333. The van der Waals surface area contributed by atoms with E-state index in [4.69, 9.17) is 9.47 Å². The fourth-order valence-corrected chi connectivity index (χ4v) is 4.71. The van der Waals surface area contributed by atoms with Crippen LogP contribution in [0.1, 0.15) is 36.6 Å². The molecule has 0 bridgehead atoms. The van der Waals surface area contributed by atoms with Crippen molar-refractivity contribution in [2.75, 3.05) is 13.6 Å². The summed E-state index contributed by atoms with van der Waals surface area (Å²) in [6, 6.07) is 8.52. The van der Waals surface area contributed by atoms with Crippen molar-refractivity contribution in [2.45, 2.75) is 32.7 Å². The lowest BCUT2D eigenvalue weighted by atomic mass is 9.77. The van der Waals surface area contributed by atoms with Gasteiger partial charge in [-0.3, -0.25) is 14.5 Å². The maximum atomic E-state index is 11.8. The maximum Gasteiger partial charge on any atom is 0.308 e. The molecule has 1 aliphatic carbocycles. The molecule has 0 spiro atoms. The highest BCUT2D eigenvalue weighted by molar-refractivity contribution is 9.10. The third-order valence-corrected chi connectivity index (χ3v) is 5.83. The van der Waals surface area contributed by atoms with Gasteiger partial charge in [-0.15, -0.1) is 0 Å². The van der Waals surface area contributed by atoms with Crippen molar-refractivity contribution in [3.63, 3.8) is 0 Å². The van der Waals surface area contributed by atoms with Crippen molar-refractivity contribution in [1.82, 2.24) is 4.90 Å². The molecule has 1 heterocycles. The molecule has 140 valence electrons. The van der Waals surface area contributed by atoms with Gasteiger partial charge in [-0.2, -0.15) is 0 Å². The van der Waals surface area contributed by atoms with Gasteiger partial charge in [-0.05, 0) is 64.1 Å². The molecule has 0 fully saturated rings. The smallest absolute Gasteiger partial charge is 0.308 e. The van der Waals surface area contributed by atoms with Crippen LogP contribution in [0, 0.1) is 0 Å². The van der Waals surface area contributed by atoms with Crippen LogP contribution in [0.25, 0.3) is 11.1 Å². The van der Waals surface area contributed by atoms with Gasteiger partial charge in [-0.25, -0.2) is 0 Å². The molecule has 6 heteroatoms. The molecule has 5 nitrogen and oxygen atoms in total. The van der Waals surface area contributed by atoms with E-state index in [9.17, 15) is 9.59 Å². The summed E-state index contributed by atoms with van der Waals surface area (Å²) in [6.07, 6.45) is 1.80. The van der Waals surface area contributed by atoms with Gasteiger partial charge in [0.2, 0.25) is 0 Å². The summed E-state index contributed by atoms with van der Waals surface area (Å²) >= 11 is 3.49. The number of ether oxygens (including phenoxy) is 2. The lowest BCUT2D eigenvalue weighted by Gasteiger charge is -2.40. The number of esters is 2. The summed E-state index contributed by atoms with van der Waals surface area (Å²) in [6.45, 7) is 3.70. The van der Waals surface area contributed by atoms with E-state index in [-0.39, 0.29) is 11.8 Å². The lowest BCUT2D eigenvalue weighted by Crippen LogP contribution is -2.35. The van der Waals surface area contributed by atoms with Crippen LogP contribution in [0.3, 0.4) is 0 Å². The molecule has 0 saturated carbocycles. The molecule has 0 N–H and O–H groups in total. The van der Waals surface area contributed by atoms with Crippen molar-refractivity contribution in [2.24, 2.45) is 0 Å². The highest BCUT2D eigenvalue weighted by Crippen LogP contribution is 2.53. The van der Waals surface area contributed by atoms with Gasteiger partial charge in [0.1, 0.15) is 0 Å². The van der Waals surface area contributed by atoms with Gasteiger partial charge in [-0.1, -0.05) is 18.2 Å². The zero-order valence-corrected chi connectivity index (χ0v) is 17.1. The van der Waals surface area contributed by atoms with Crippen molar-refractivity contribution in [3.8, 4) is 22.6 Å². The second-order valence-electron chi connectivity index (χ2n) is 7.07. The number of fused-ring (bicyclic) bond motifs is 2. The summed E-state index contributed by atoms with van der Waals surface area (Å²) < 4.78 is 11.6. The molecular weight excluding hydrogens is 410 g/mol. The zero-order chi connectivity index (χ0) is 19.3. The first kappa shape index (κ1) is 18.2. The highest BCUT2D eigenvalue weighted by Gasteiger charge is 2.36. The Morgan fingerprint density at radius 2 is 1.81 bits per heavy atom. The van der Waals surface area contributed by atoms with E-state index in [1.807, 2.05) is 12.1 Å². The van der Waals surface area contributed by atoms with Gasteiger partial charge in [0.15, 0.2) is 11.5 Å². The average Bonchev–Trinajstić information content (AvgIpc) is 2.60. The van der Waals surface area contributed by atoms with E-state index in [1.165, 1.54) is 25.0 Å². The molecule has 4 rings (SSSR count). The number of likely N-dealkylation sites (N-methyl/N-ethyl adjacent to an activating group) is 1. The first-order chi connectivity index (χ1) is 12.9. The SMILES string of the molecule is CC(=O)Oc1c(Br)cc2c(c1OC(C)=O)-c1cccc3c1[C@@H](C2)N(C)CC3. The van der Waals surface area contributed by atoms with Gasteiger partial charge in [0.25, 0.3) is 0 Å². The topological polar surface area (TPSA) is 55.8 Å². The molecule has 0 radical (unpaired) electrons. The maximum absolute atomic E-state index is 11.8. The van der Waals surface area contributed by atoms with Crippen LogP contribution in [0.4, 0.5) is 0 Å². The molecule has 2 aliphatic rings. The predicted octanol–water partition coefficient (Wildman–Crippen LogP) is 4.05. The van der Waals surface area contributed by atoms with Gasteiger partial charge in [0, 0.05) is 32.0 Å². The standard InChI is InChI=1S/C21H20BrNO4/c1-11(24)26-20-16(22)9-14-10-17-18-13(7-8-23(17)3)5-4-6-15(18)19(14)21(20)27-12(2)25/h4-6,9,17H,7-8,10H2,1-3H3/t17-/m1/s1. The lowest BCUT2D eigenvalue weighted by molar-refractivity contribution is -0.134. The largest absolute Gasteiger partial charge is 0.422 e. The van der Waals surface area contributed by atoms with E-state index < -0.39 is 11.9 Å². The molecule has 0 unspecified atom stereocenters. The minimum Gasteiger partial charge on any atom is -0.422 e. The molecule has 0 saturated heterocycles. The molecule has 2 aromatic carbocycles. The zero-order valence-electron chi connectivity index (χ0n) is 15.5. The van der Waals surface area contributed by atoms with Gasteiger partial charge >= 0.3 is 11.9 Å². The van der Waals surface area contributed by atoms with E-state index in [2.05, 4.69) is 40.0 Å².